The summed E-state index contributed by atoms with van der Waals surface area (Å²) in [6.07, 6.45) is 37.0. The lowest BCUT2D eigenvalue weighted by Gasteiger charge is -2.18. The Labute approximate surface area is 307 Å². The van der Waals surface area contributed by atoms with Crippen LogP contribution < -0.4 is 0 Å². The maximum Gasteiger partial charge on any atom is 0.469 e. The summed E-state index contributed by atoms with van der Waals surface area (Å²) >= 11 is 0. The molecule has 10 nitrogen and oxygen atoms in total. The lowest BCUT2D eigenvalue weighted by molar-refractivity contribution is -0.161. The van der Waals surface area contributed by atoms with E-state index >= 15 is 0 Å². The van der Waals surface area contributed by atoms with Crippen LogP contribution in [-0.2, 0) is 28.2 Å². The zero-order valence-electron chi connectivity index (χ0n) is 31.2. The van der Waals surface area contributed by atoms with Gasteiger partial charge in [0.2, 0.25) is 0 Å². The number of carbonyl (C=O) groups is 2. The van der Waals surface area contributed by atoms with E-state index in [2.05, 4.69) is 11.4 Å². The third-order valence-electron chi connectivity index (χ3n) is 7.67. The number of aliphatic hydroxyl groups is 2. The van der Waals surface area contributed by atoms with Gasteiger partial charge in [-0.3, -0.25) is 14.1 Å². The Morgan fingerprint density at radius 3 is 1.71 bits per heavy atom. The summed E-state index contributed by atoms with van der Waals surface area (Å²) in [5.41, 5.74) is 0. The van der Waals surface area contributed by atoms with Gasteiger partial charge < -0.3 is 29.5 Å². The third-order valence-corrected chi connectivity index (χ3v) is 8.15. The van der Waals surface area contributed by atoms with E-state index < -0.39 is 44.7 Å². The molecule has 0 bridgehead atoms. The molecule has 51 heavy (non-hydrogen) atoms. The van der Waals surface area contributed by atoms with Crippen LogP contribution in [0.4, 0.5) is 0 Å². The fourth-order valence-corrected chi connectivity index (χ4v) is 5.17. The minimum absolute atomic E-state index is 0.0283. The summed E-state index contributed by atoms with van der Waals surface area (Å²) in [4.78, 5) is 42.6. The topological polar surface area (TPSA) is 160 Å². The van der Waals surface area contributed by atoms with Crippen LogP contribution in [-0.4, -0.2) is 63.5 Å². The van der Waals surface area contributed by atoms with Crippen molar-refractivity contribution in [3.05, 3.63) is 72.9 Å². The highest BCUT2D eigenvalue weighted by Gasteiger charge is 2.22. The molecule has 0 saturated heterocycles. The number of hydrogen-bond acceptors (Lipinski definition) is 8. The Balaban J connectivity index is 4.26. The van der Waals surface area contributed by atoms with Gasteiger partial charge in [-0.05, 0) is 38.5 Å². The predicted molar refractivity (Wildman–Crippen MR) is 205 cm³/mol. The summed E-state index contributed by atoms with van der Waals surface area (Å²) in [6, 6.07) is 0. The SMILES string of the molecule is CC/C=C\C[C@H](O)/C=C/C=C\C=C\[C@H](O)C/C=C\C/C=C\CCC(=O)O[C@H](COC(=O)CCCCCCCCCCCCCC)COP(=O)(O)O. The first kappa shape index (κ1) is 48.4. The number of carbonyl (C=O) groups excluding carboxylic acids is 2. The highest BCUT2D eigenvalue weighted by atomic mass is 31.2. The van der Waals surface area contributed by atoms with Crippen molar-refractivity contribution in [2.45, 2.75) is 154 Å². The van der Waals surface area contributed by atoms with Crippen molar-refractivity contribution in [2.24, 2.45) is 0 Å². The second-order valence-electron chi connectivity index (χ2n) is 12.6. The molecule has 11 heteroatoms. The molecule has 0 spiro atoms. The average Bonchev–Trinajstić information content (AvgIpc) is 3.08. The van der Waals surface area contributed by atoms with E-state index in [4.69, 9.17) is 19.3 Å². The summed E-state index contributed by atoms with van der Waals surface area (Å²) in [6.45, 7) is 3.32. The van der Waals surface area contributed by atoms with Gasteiger partial charge in [0, 0.05) is 12.8 Å². The number of phosphoric acid groups is 1. The van der Waals surface area contributed by atoms with Gasteiger partial charge in [-0.25, -0.2) is 4.57 Å². The molecule has 0 aliphatic rings. The Morgan fingerprint density at radius 1 is 0.627 bits per heavy atom. The number of aliphatic hydroxyl groups excluding tert-OH is 2. The van der Waals surface area contributed by atoms with Crippen molar-refractivity contribution >= 4 is 19.8 Å². The Kier molecular flexibility index (Phi) is 32.7. The van der Waals surface area contributed by atoms with Gasteiger partial charge in [0.05, 0.1) is 18.8 Å². The number of unbranched alkanes of at least 4 members (excludes halogenated alkanes) is 11. The molecule has 0 aliphatic carbocycles. The van der Waals surface area contributed by atoms with Gasteiger partial charge in [-0.15, -0.1) is 0 Å². The molecule has 0 saturated carbocycles. The third kappa shape index (κ3) is 37.0. The van der Waals surface area contributed by atoms with Crippen LogP contribution in [0.5, 0.6) is 0 Å². The van der Waals surface area contributed by atoms with E-state index in [0.29, 0.717) is 32.1 Å². The second-order valence-corrected chi connectivity index (χ2v) is 13.8. The molecule has 0 unspecified atom stereocenters. The standard InChI is InChI=1S/C40H67O10P/c1-3-5-7-8-9-10-11-12-13-14-18-26-32-39(43)48-34-38(35-49-51(45,46)47)50-40(44)33-27-19-16-15-17-23-29-37(42)31-25-21-20-24-30-36(41)28-22-6-4-2/h6,16-17,19-25,30-31,36-38,41-42H,3-5,7-15,18,26-29,32-35H2,1-2H3,(H2,45,46,47)/b19-16-,21-20-,22-6-,23-17-,30-24+,31-25+/t36-,37+,38+/m0/s1. The summed E-state index contributed by atoms with van der Waals surface area (Å²) in [5, 5.41) is 19.9. The van der Waals surface area contributed by atoms with Crippen LogP contribution in [0, 0.1) is 0 Å². The molecule has 0 heterocycles. The number of ether oxygens (including phenoxy) is 2. The Hall–Kier alpha value is -2.59. The smallest absolute Gasteiger partial charge is 0.462 e. The van der Waals surface area contributed by atoms with Crippen molar-refractivity contribution in [1.82, 2.24) is 0 Å². The molecule has 0 aromatic heterocycles. The molecule has 0 aromatic carbocycles. The van der Waals surface area contributed by atoms with E-state index in [-0.39, 0.29) is 19.4 Å². The van der Waals surface area contributed by atoms with Crippen LogP contribution >= 0.6 is 7.82 Å². The zero-order chi connectivity index (χ0) is 37.8. The van der Waals surface area contributed by atoms with Gasteiger partial charge in [-0.1, -0.05) is 157 Å². The van der Waals surface area contributed by atoms with Crippen molar-refractivity contribution in [1.29, 1.82) is 0 Å². The molecule has 0 fully saturated rings. The molecule has 0 aromatic rings. The molecule has 3 atom stereocenters. The minimum Gasteiger partial charge on any atom is -0.462 e. The fourth-order valence-electron chi connectivity index (χ4n) is 4.81. The predicted octanol–water partition coefficient (Wildman–Crippen LogP) is 9.06. The van der Waals surface area contributed by atoms with E-state index in [9.17, 15) is 24.4 Å². The minimum atomic E-state index is -4.80. The largest absolute Gasteiger partial charge is 0.469 e. The Bertz CT molecular complexity index is 1090. The average molecular weight is 739 g/mol. The van der Waals surface area contributed by atoms with E-state index in [1.54, 1.807) is 36.5 Å². The maximum absolute atomic E-state index is 12.3. The summed E-state index contributed by atoms with van der Waals surface area (Å²) < 4.78 is 26.2. The van der Waals surface area contributed by atoms with Gasteiger partial charge in [-0.2, -0.15) is 0 Å². The highest BCUT2D eigenvalue weighted by Crippen LogP contribution is 2.35. The first-order chi connectivity index (χ1) is 24.6. The van der Waals surface area contributed by atoms with E-state index in [1.807, 2.05) is 43.4 Å². The van der Waals surface area contributed by atoms with Crippen molar-refractivity contribution in [2.75, 3.05) is 13.2 Å². The van der Waals surface area contributed by atoms with E-state index in [1.165, 1.54) is 51.4 Å². The van der Waals surface area contributed by atoms with Crippen molar-refractivity contribution in [3.63, 3.8) is 0 Å². The lowest BCUT2D eigenvalue weighted by Crippen LogP contribution is -2.29. The van der Waals surface area contributed by atoms with Gasteiger partial charge in [0.25, 0.3) is 0 Å². The molecule has 0 aliphatic heterocycles. The number of esters is 2. The maximum atomic E-state index is 12.3. The van der Waals surface area contributed by atoms with Crippen LogP contribution in [0.3, 0.4) is 0 Å². The first-order valence-corrected chi connectivity index (χ1v) is 20.5. The van der Waals surface area contributed by atoms with E-state index in [0.717, 1.165) is 25.7 Å². The van der Waals surface area contributed by atoms with Crippen molar-refractivity contribution in [3.8, 4) is 0 Å². The fraction of sp³-hybridized carbons (Fsp3) is 0.650. The van der Waals surface area contributed by atoms with Gasteiger partial charge in [0.15, 0.2) is 6.10 Å². The molecule has 0 amide bonds. The number of hydrogen-bond donors (Lipinski definition) is 4. The van der Waals surface area contributed by atoms with Crippen LogP contribution in [0.25, 0.3) is 0 Å². The Morgan fingerprint density at radius 2 is 1.16 bits per heavy atom. The highest BCUT2D eigenvalue weighted by molar-refractivity contribution is 7.46. The molecule has 292 valence electrons. The van der Waals surface area contributed by atoms with Gasteiger partial charge in [0.1, 0.15) is 6.61 Å². The van der Waals surface area contributed by atoms with Crippen LogP contribution in [0.2, 0.25) is 0 Å². The summed E-state index contributed by atoms with van der Waals surface area (Å²) in [7, 11) is -4.80. The number of rotatable bonds is 33. The monoisotopic (exact) mass is 738 g/mol. The summed E-state index contributed by atoms with van der Waals surface area (Å²) in [5.74, 6) is -1.06. The first-order valence-electron chi connectivity index (χ1n) is 18.9. The molecular formula is C40H67O10P. The van der Waals surface area contributed by atoms with Crippen LogP contribution in [0.15, 0.2) is 72.9 Å². The van der Waals surface area contributed by atoms with Crippen LogP contribution in [0.1, 0.15) is 136 Å². The molecule has 0 radical (unpaired) electrons. The second kappa shape index (κ2) is 34.5. The van der Waals surface area contributed by atoms with Crippen molar-refractivity contribution < 1.29 is 48.2 Å². The normalized spacial score (nSPS) is 14.5. The van der Waals surface area contributed by atoms with Gasteiger partial charge >= 0.3 is 19.8 Å². The molecule has 0 rings (SSSR count). The molecular weight excluding hydrogens is 671 g/mol. The quantitative estimate of drug-likeness (QED) is 0.0168. The number of allylic oxidation sites excluding steroid dienone is 8. The molecule has 4 N–H and O–H groups in total. The zero-order valence-corrected chi connectivity index (χ0v) is 32.1. The number of phosphoric ester groups is 1. The lowest BCUT2D eigenvalue weighted by atomic mass is 10.0.